The van der Waals surface area contributed by atoms with Crippen molar-refractivity contribution in [1.29, 1.82) is 0 Å². The fraction of sp³-hybridized carbons (Fsp3) is 0.150. The highest BCUT2D eigenvalue weighted by Crippen LogP contribution is 2.42. The van der Waals surface area contributed by atoms with Crippen molar-refractivity contribution < 1.29 is 13.2 Å². The van der Waals surface area contributed by atoms with Gasteiger partial charge in [-0.2, -0.15) is 13.2 Å². The summed E-state index contributed by atoms with van der Waals surface area (Å²) in [7, 11) is 1.77. The number of aliphatic imine (C=N–C) groups is 1. The molecule has 3 aromatic carbocycles. The van der Waals surface area contributed by atoms with Gasteiger partial charge in [0.25, 0.3) is 0 Å². The molecule has 26 heavy (non-hydrogen) atoms. The molecule has 0 aromatic heterocycles. The van der Waals surface area contributed by atoms with E-state index in [-0.39, 0.29) is 5.56 Å². The summed E-state index contributed by atoms with van der Waals surface area (Å²) >= 11 is 5.92. The fourth-order valence-electron chi connectivity index (χ4n) is 3.39. The Morgan fingerprint density at radius 1 is 0.962 bits per heavy atom. The Kier molecular flexibility index (Phi) is 3.92. The molecule has 0 saturated heterocycles. The van der Waals surface area contributed by atoms with Crippen LogP contribution in [0.25, 0.3) is 10.8 Å². The van der Waals surface area contributed by atoms with E-state index in [0.717, 1.165) is 10.8 Å². The van der Waals surface area contributed by atoms with Crippen LogP contribution in [0.15, 0.2) is 65.7 Å². The lowest BCUT2D eigenvalue weighted by Crippen LogP contribution is -2.35. The highest BCUT2D eigenvalue weighted by atomic mass is 35.5. The second-order valence-electron chi connectivity index (χ2n) is 6.19. The molecule has 6 heteroatoms. The average Bonchev–Trinajstić information content (AvgIpc) is 2.61. The maximum Gasteiger partial charge on any atom is 0.433 e. The molecule has 1 aliphatic rings. The second-order valence-corrected chi connectivity index (χ2v) is 6.63. The topological polar surface area (TPSA) is 15.6 Å². The molecule has 132 valence electrons. The molecule has 3 aromatic rings. The van der Waals surface area contributed by atoms with Crippen molar-refractivity contribution in [2.75, 3.05) is 11.9 Å². The van der Waals surface area contributed by atoms with Gasteiger partial charge in [0.05, 0.1) is 5.69 Å². The molecule has 1 aliphatic heterocycles. The largest absolute Gasteiger partial charge is 0.433 e. The van der Waals surface area contributed by atoms with E-state index in [1.165, 1.54) is 6.07 Å². The van der Waals surface area contributed by atoms with Crippen molar-refractivity contribution >= 4 is 33.8 Å². The Bertz CT molecular complexity index is 1010. The minimum Gasteiger partial charge on any atom is -0.348 e. The van der Waals surface area contributed by atoms with Crippen LogP contribution in [0.2, 0.25) is 5.02 Å². The van der Waals surface area contributed by atoms with Gasteiger partial charge in [0.1, 0.15) is 6.17 Å². The van der Waals surface area contributed by atoms with E-state index in [1.807, 2.05) is 24.3 Å². The maximum absolute atomic E-state index is 13.7. The van der Waals surface area contributed by atoms with Crippen molar-refractivity contribution in [3.05, 3.63) is 76.8 Å². The van der Waals surface area contributed by atoms with Crippen LogP contribution < -0.4 is 4.90 Å². The second kappa shape index (κ2) is 6.02. The van der Waals surface area contributed by atoms with Crippen LogP contribution in [-0.4, -0.2) is 18.9 Å². The molecule has 0 spiro atoms. The van der Waals surface area contributed by atoms with E-state index in [9.17, 15) is 13.2 Å². The highest BCUT2D eigenvalue weighted by Gasteiger charge is 2.42. The van der Waals surface area contributed by atoms with E-state index in [4.69, 9.17) is 11.6 Å². The molecule has 0 fully saturated rings. The summed E-state index contributed by atoms with van der Waals surface area (Å²) in [6.07, 6.45) is -5.31. The van der Waals surface area contributed by atoms with Gasteiger partial charge in [-0.3, -0.25) is 4.99 Å². The summed E-state index contributed by atoms with van der Waals surface area (Å²) in [6.45, 7) is 0. The third kappa shape index (κ3) is 2.72. The maximum atomic E-state index is 13.7. The van der Waals surface area contributed by atoms with Crippen LogP contribution in [0, 0.1) is 0 Å². The van der Waals surface area contributed by atoms with Crippen molar-refractivity contribution in [1.82, 2.24) is 0 Å². The summed E-state index contributed by atoms with van der Waals surface area (Å²) in [6, 6.07) is 17.3. The molecule has 0 radical (unpaired) electrons. The Labute approximate surface area is 153 Å². The van der Waals surface area contributed by atoms with Crippen LogP contribution in [0.4, 0.5) is 18.9 Å². The van der Waals surface area contributed by atoms with E-state index in [1.54, 1.807) is 42.3 Å². The third-order valence-electron chi connectivity index (χ3n) is 4.56. The molecule has 0 amide bonds. The SMILES string of the molecule is CN1c2c(ccc3ccccc23)C(C(F)(F)F)=NC1c1ccc(Cl)cc1. The monoisotopic (exact) mass is 374 g/mol. The number of alkyl halides is 3. The first kappa shape index (κ1) is 16.9. The van der Waals surface area contributed by atoms with Gasteiger partial charge >= 0.3 is 6.18 Å². The van der Waals surface area contributed by atoms with Crippen LogP contribution in [-0.2, 0) is 0 Å². The smallest absolute Gasteiger partial charge is 0.348 e. The zero-order valence-corrected chi connectivity index (χ0v) is 14.5. The standard InChI is InChI=1S/C20H14ClF3N2/c1-26-17-15-5-3-2-4-12(15)8-11-16(17)18(20(22,23)24)25-19(26)13-6-9-14(21)10-7-13/h2-11,19H,1H3. The normalized spacial score (nSPS) is 17.2. The number of hydrogen-bond donors (Lipinski definition) is 0. The molecule has 4 rings (SSSR count). The van der Waals surface area contributed by atoms with Crippen molar-refractivity contribution in [2.45, 2.75) is 12.3 Å². The highest BCUT2D eigenvalue weighted by molar-refractivity contribution is 6.30. The number of fused-ring (bicyclic) bond motifs is 3. The zero-order valence-electron chi connectivity index (χ0n) is 13.8. The Morgan fingerprint density at radius 2 is 1.65 bits per heavy atom. The molecule has 0 N–H and O–H groups in total. The number of hydrogen-bond acceptors (Lipinski definition) is 2. The summed E-state index contributed by atoms with van der Waals surface area (Å²) in [5.41, 5.74) is 0.433. The minimum absolute atomic E-state index is 0.101. The van der Waals surface area contributed by atoms with E-state index >= 15 is 0 Å². The van der Waals surface area contributed by atoms with Gasteiger partial charge in [-0.15, -0.1) is 0 Å². The van der Waals surface area contributed by atoms with Crippen molar-refractivity contribution in [3.8, 4) is 0 Å². The summed E-state index contributed by atoms with van der Waals surface area (Å²) < 4.78 is 41.2. The first-order valence-electron chi connectivity index (χ1n) is 8.01. The zero-order chi connectivity index (χ0) is 18.5. The van der Waals surface area contributed by atoms with Crippen molar-refractivity contribution in [2.24, 2.45) is 4.99 Å². The molecule has 0 aliphatic carbocycles. The van der Waals surface area contributed by atoms with Gasteiger partial charge in [-0.05, 0) is 23.1 Å². The quantitative estimate of drug-likeness (QED) is 0.510. The predicted molar refractivity (Wildman–Crippen MR) is 99.1 cm³/mol. The van der Waals surface area contributed by atoms with Crippen LogP contribution in [0.5, 0.6) is 0 Å². The lowest BCUT2D eigenvalue weighted by atomic mass is 9.96. The number of benzene rings is 3. The molecular weight excluding hydrogens is 361 g/mol. The molecule has 0 bridgehead atoms. The van der Waals surface area contributed by atoms with Gasteiger partial charge in [0, 0.05) is 23.0 Å². The molecule has 0 saturated carbocycles. The Morgan fingerprint density at radius 3 is 2.35 bits per heavy atom. The van der Waals surface area contributed by atoms with Crippen LogP contribution in [0.1, 0.15) is 17.3 Å². The van der Waals surface area contributed by atoms with Gasteiger partial charge in [-0.1, -0.05) is 60.1 Å². The lowest BCUT2D eigenvalue weighted by molar-refractivity contribution is -0.0585. The number of rotatable bonds is 1. The molecular formula is C20H14ClF3N2. The number of anilines is 1. The van der Waals surface area contributed by atoms with Gasteiger partial charge in [0.2, 0.25) is 0 Å². The van der Waals surface area contributed by atoms with Gasteiger partial charge in [0.15, 0.2) is 5.71 Å². The van der Waals surface area contributed by atoms with Crippen molar-refractivity contribution in [3.63, 3.8) is 0 Å². The summed E-state index contributed by atoms with van der Waals surface area (Å²) in [5.74, 6) is 0. The fourth-order valence-corrected chi connectivity index (χ4v) is 3.51. The van der Waals surface area contributed by atoms with Gasteiger partial charge in [-0.25, -0.2) is 0 Å². The van der Waals surface area contributed by atoms with E-state index in [2.05, 4.69) is 4.99 Å². The first-order chi connectivity index (χ1) is 12.4. The molecule has 1 unspecified atom stereocenters. The summed E-state index contributed by atoms with van der Waals surface area (Å²) in [4.78, 5) is 5.84. The molecule has 1 heterocycles. The molecule has 2 nitrogen and oxygen atoms in total. The van der Waals surface area contributed by atoms with Crippen LogP contribution in [0.3, 0.4) is 0 Å². The Hall–Kier alpha value is -2.53. The number of nitrogens with zero attached hydrogens (tertiary/aromatic N) is 2. The van der Waals surface area contributed by atoms with E-state index < -0.39 is 18.1 Å². The lowest BCUT2D eigenvalue weighted by Gasteiger charge is -2.35. The average molecular weight is 375 g/mol. The van der Waals surface area contributed by atoms with E-state index in [0.29, 0.717) is 16.3 Å². The predicted octanol–water partition coefficient (Wildman–Crippen LogP) is 5.99. The van der Waals surface area contributed by atoms with Crippen LogP contribution >= 0.6 is 11.6 Å². The molecule has 1 atom stereocenters. The summed E-state index contributed by atoms with van der Waals surface area (Å²) in [5, 5.41) is 2.18. The minimum atomic E-state index is -4.54. The Balaban J connectivity index is 1.99. The number of halogens is 4. The van der Waals surface area contributed by atoms with Gasteiger partial charge < -0.3 is 4.90 Å². The first-order valence-corrected chi connectivity index (χ1v) is 8.39. The third-order valence-corrected chi connectivity index (χ3v) is 4.82.